The fraction of sp³-hybridized carbons (Fsp3) is 0.400. The van der Waals surface area contributed by atoms with E-state index >= 15 is 0 Å². The van der Waals surface area contributed by atoms with Crippen LogP contribution in [0.25, 0.3) is 0 Å². The maximum atomic E-state index is 12.0. The Bertz CT molecular complexity index is 520. The summed E-state index contributed by atoms with van der Waals surface area (Å²) in [6.45, 7) is 0.790. The maximum absolute atomic E-state index is 12.0. The summed E-state index contributed by atoms with van der Waals surface area (Å²) in [5.41, 5.74) is 6.28. The number of nitrogens with one attached hydrogen (secondary N) is 1. The summed E-state index contributed by atoms with van der Waals surface area (Å²) < 4.78 is 49.6. The van der Waals surface area contributed by atoms with Crippen LogP contribution in [0.5, 0.6) is 0 Å². The van der Waals surface area contributed by atoms with Crippen molar-refractivity contribution in [2.45, 2.75) is 24.3 Å². The van der Waals surface area contributed by atoms with Crippen LogP contribution in [0.3, 0.4) is 0 Å². The Kier molecular flexibility index (Phi) is 4.60. The average Bonchev–Trinajstić information content (AvgIpc) is 2.25. The average molecular weight is 280 g/mol. The van der Waals surface area contributed by atoms with E-state index in [-0.39, 0.29) is 4.90 Å². The highest BCUT2D eigenvalue weighted by Gasteiger charge is 2.22. The lowest BCUT2D eigenvalue weighted by Gasteiger charge is -2.12. The van der Waals surface area contributed by atoms with Crippen LogP contribution in [0.15, 0.2) is 23.1 Å². The van der Waals surface area contributed by atoms with Gasteiger partial charge in [0.25, 0.3) is 6.43 Å². The van der Waals surface area contributed by atoms with Gasteiger partial charge in [0.05, 0.1) is 4.90 Å². The molecule has 0 heterocycles. The number of aryl methyl sites for hydroxylation is 1. The van der Waals surface area contributed by atoms with Gasteiger partial charge in [-0.1, -0.05) is 0 Å². The van der Waals surface area contributed by atoms with Crippen molar-refractivity contribution in [3.8, 4) is 0 Å². The molecule has 0 bridgehead atoms. The van der Waals surface area contributed by atoms with Gasteiger partial charge in [-0.05, 0) is 30.7 Å². The standard InChI is InChI=1S/C10H14F2N2O3S/c1-6-4-7(13)2-3-9(6)18(16,17)14-5-8(15)10(11)12/h2-4,8,10,14-15H,5,13H2,1H3. The van der Waals surface area contributed by atoms with Gasteiger partial charge >= 0.3 is 0 Å². The van der Waals surface area contributed by atoms with E-state index in [1.165, 1.54) is 25.1 Å². The molecule has 8 heteroatoms. The first kappa shape index (κ1) is 14.8. The SMILES string of the molecule is Cc1cc(N)ccc1S(=O)(=O)NCC(O)C(F)F. The number of anilines is 1. The number of aliphatic hydroxyl groups is 1. The summed E-state index contributed by atoms with van der Waals surface area (Å²) in [6, 6.07) is 4.13. The van der Waals surface area contributed by atoms with Crippen molar-refractivity contribution in [2.24, 2.45) is 0 Å². The molecule has 0 aliphatic heterocycles. The molecule has 0 saturated heterocycles. The molecule has 0 aromatic heterocycles. The topological polar surface area (TPSA) is 92.4 Å². The van der Waals surface area contributed by atoms with Crippen LogP contribution in [0, 0.1) is 6.92 Å². The van der Waals surface area contributed by atoms with Crippen LogP contribution < -0.4 is 10.5 Å². The van der Waals surface area contributed by atoms with Crippen molar-refractivity contribution in [1.29, 1.82) is 0 Å². The Hall–Kier alpha value is -1.25. The van der Waals surface area contributed by atoms with Gasteiger partial charge in [0, 0.05) is 12.2 Å². The number of benzene rings is 1. The predicted octanol–water partition coefficient (Wildman–Crippen LogP) is 0.482. The van der Waals surface area contributed by atoms with Crippen molar-refractivity contribution in [1.82, 2.24) is 4.72 Å². The minimum atomic E-state index is -3.94. The molecule has 1 atom stereocenters. The fourth-order valence-corrected chi connectivity index (χ4v) is 2.61. The molecule has 0 radical (unpaired) electrons. The summed E-state index contributed by atoms with van der Waals surface area (Å²) in [5.74, 6) is 0. The summed E-state index contributed by atoms with van der Waals surface area (Å²) in [7, 11) is -3.94. The molecule has 102 valence electrons. The van der Waals surface area contributed by atoms with Gasteiger partial charge in [-0.15, -0.1) is 0 Å². The molecule has 0 aliphatic carbocycles. The smallest absolute Gasteiger partial charge is 0.265 e. The quantitative estimate of drug-likeness (QED) is 0.684. The van der Waals surface area contributed by atoms with E-state index in [2.05, 4.69) is 0 Å². The molecule has 0 amide bonds. The lowest BCUT2D eigenvalue weighted by molar-refractivity contribution is -0.000452. The summed E-state index contributed by atoms with van der Waals surface area (Å²) >= 11 is 0. The second-order valence-corrected chi connectivity index (χ2v) is 5.51. The molecule has 1 rings (SSSR count). The van der Waals surface area contributed by atoms with E-state index in [0.717, 1.165) is 0 Å². The van der Waals surface area contributed by atoms with Gasteiger partial charge in [-0.2, -0.15) is 0 Å². The summed E-state index contributed by atoms with van der Waals surface area (Å²) in [4.78, 5) is -0.0573. The highest BCUT2D eigenvalue weighted by atomic mass is 32.2. The van der Waals surface area contributed by atoms with Crippen molar-refractivity contribution in [3.63, 3.8) is 0 Å². The Morgan fingerprint density at radius 3 is 2.56 bits per heavy atom. The van der Waals surface area contributed by atoms with Gasteiger partial charge in [-0.3, -0.25) is 0 Å². The number of sulfonamides is 1. The van der Waals surface area contributed by atoms with Crippen LogP contribution >= 0.6 is 0 Å². The van der Waals surface area contributed by atoms with Crippen molar-refractivity contribution in [2.75, 3.05) is 12.3 Å². The Balaban J connectivity index is 2.87. The van der Waals surface area contributed by atoms with Crippen LogP contribution in [-0.2, 0) is 10.0 Å². The summed E-state index contributed by atoms with van der Waals surface area (Å²) in [5, 5.41) is 8.85. The molecule has 18 heavy (non-hydrogen) atoms. The monoisotopic (exact) mass is 280 g/mol. The predicted molar refractivity (Wildman–Crippen MR) is 62.8 cm³/mol. The molecule has 1 aromatic carbocycles. The number of nitrogen functional groups attached to an aromatic ring is 1. The maximum Gasteiger partial charge on any atom is 0.265 e. The molecule has 4 N–H and O–H groups in total. The van der Waals surface area contributed by atoms with Crippen LogP contribution in [0.4, 0.5) is 14.5 Å². The van der Waals surface area contributed by atoms with Crippen LogP contribution in [-0.4, -0.2) is 32.6 Å². The number of nitrogens with two attached hydrogens (primary N) is 1. The van der Waals surface area contributed by atoms with Crippen LogP contribution in [0.1, 0.15) is 5.56 Å². The molecule has 1 aromatic rings. The van der Waals surface area contributed by atoms with Crippen LogP contribution in [0.2, 0.25) is 0 Å². The zero-order valence-electron chi connectivity index (χ0n) is 9.60. The first-order valence-corrected chi connectivity index (χ1v) is 6.54. The number of alkyl halides is 2. The zero-order chi connectivity index (χ0) is 13.9. The van der Waals surface area contributed by atoms with Gasteiger partial charge < -0.3 is 10.8 Å². The Morgan fingerprint density at radius 1 is 1.44 bits per heavy atom. The highest BCUT2D eigenvalue weighted by molar-refractivity contribution is 7.89. The minimum absolute atomic E-state index is 0.0573. The fourth-order valence-electron chi connectivity index (χ4n) is 1.34. The molecule has 0 aliphatic rings. The first-order chi connectivity index (χ1) is 8.24. The van der Waals surface area contributed by atoms with E-state index in [9.17, 15) is 17.2 Å². The normalized spacial score (nSPS) is 13.8. The zero-order valence-corrected chi connectivity index (χ0v) is 10.4. The molecule has 0 fully saturated rings. The van der Waals surface area contributed by atoms with Gasteiger partial charge in [0.15, 0.2) is 0 Å². The largest absolute Gasteiger partial charge is 0.399 e. The second kappa shape index (κ2) is 5.59. The minimum Gasteiger partial charge on any atom is -0.399 e. The van der Waals surface area contributed by atoms with Gasteiger partial charge in [0.2, 0.25) is 10.0 Å². The number of hydrogen-bond acceptors (Lipinski definition) is 4. The first-order valence-electron chi connectivity index (χ1n) is 5.06. The van der Waals surface area contributed by atoms with E-state index in [4.69, 9.17) is 10.8 Å². The third-order valence-corrected chi connectivity index (χ3v) is 3.85. The number of hydrogen-bond donors (Lipinski definition) is 3. The number of aliphatic hydroxyl groups excluding tert-OH is 1. The van der Waals surface area contributed by atoms with E-state index in [1.807, 2.05) is 4.72 Å². The highest BCUT2D eigenvalue weighted by Crippen LogP contribution is 2.17. The Morgan fingerprint density at radius 2 is 2.06 bits per heavy atom. The molecular formula is C10H14F2N2O3S. The van der Waals surface area contributed by atoms with Gasteiger partial charge in [-0.25, -0.2) is 21.9 Å². The third-order valence-electron chi connectivity index (χ3n) is 2.26. The Labute approximate surface area is 104 Å². The van der Waals surface area contributed by atoms with E-state index < -0.39 is 29.1 Å². The van der Waals surface area contributed by atoms with E-state index in [0.29, 0.717) is 11.3 Å². The third kappa shape index (κ3) is 3.62. The lowest BCUT2D eigenvalue weighted by Crippen LogP contribution is -2.36. The molecule has 1 unspecified atom stereocenters. The van der Waals surface area contributed by atoms with Crippen molar-refractivity contribution >= 4 is 15.7 Å². The second-order valence-electron chi connectivity index (χ2n) is 3.78. The van der Waals surface area contributed by atoms with E-state index in [1.54, 1.807) is 0 Å². The number of halogens is 2. The molecule has 0 saturated carbocycles. The molecule has 0 spiro atoms. The van der Waals surface area contributed by atoms with Crippen molar-refractivity contribution in [3.05, 3.63) is 23.8 Å². The lowest BCUT2D eigenvalue weighted by atomic mass is 10.2. The summed E-state index contributed by atoms with van der Waals surface area (Å²) in [6.07, 6.45) is -5.03. The van der Waals surface area contributed by atoms with Crippen molar-refractivity contribution < 1.29 is 22.3 Å². The number of rotatable bonds is 5. The van der Waals surface area contributed by atoms with Gasteiger partial charge in [0.1, 0.15) is 6.10 Å². The molecular weight excluding hydrogens is 266 g/mol. The molecule has 5 nitrogen and oxygen atoms in total.